The van der Waals surface area contributed by atoms with Crippen LogP contribution in [0.1, 0.15) is 43.9 Å². The number of carbonyl (C=O) groups excluding carboxylic acids is 1. The van der Waals surface area contributed by atoms with Gasteiger partial charge in [-0.05, 0) is 56.7 Å². The first kappa shape index (κ1) is 13.3. The van der Waals surface area contributed by atoms with E-state index in [1.807, 2.05) is 0 Å². The van der Waals surface area contributed by atoms with E-state index < -0.39 is 0 Å². The zero-order chi connectivity index (χ0) is 13.2. The van der Waals surface area contributed by atoms with Gasteiger partial charge in [0.2, 0.25) is 0 Å². The van der Waals surface area contributed by atoms with Crippen LogP contribution in [0, 0.1) is 0 Å². The summed E-state index contributed by atoms with van der Waals surface area (Å²) in [5, 5.41) is 3.24. The van der Waals surface area contributed by atoms with Gasteiger partial charge in [0, 0.05) is 12.0 Å². The van der Waals surface area contributed by atoms with Crippen LogP contribution in [0.15, 0.2) is 18.2 Å². The second-order valence-electron chi connectivity index (χ2n) is 6.28. The third-order valence-electron chi connectivity index (χ3n) is 3.38. The zero-order valence-corrected chi connectivity index (χ0v) is 11.7. The van der Waals surface area contributed by atoms with E-state index in [0.29, 0.717) is 13.0 Å². The molecule has 2 rings (SSSR count). The predicted molar refractivity (Wildman–Crippen MR) is 74.9 cm³/mol. The Labute approximate surface area is 110 Å². The van der Waals surface area contributed by atoms with E-state index in [0.717, 1.165) is 5.56 Å². The third kappa shape index (κ3) is 3.67. The molecule has 2 heteroatoms. The minimum Gasteiger partial charge on any atom is -0.305 e. The highest BCUT2D eigenvalue weighted by Gasteiger charge is 2.14. The summed E-state index contributed by atoms with van der Waals surface area (Å²) in [5.41, 5.74) is 4.09. The molecule has 1 aromatic carbocycles. The highest BCUT2D eigenvalue weighted by molar-refractivity contribution is 5.82. The monoisotopic (exact) mass is 245 g/mol. The highest BCUT2D eigenvalue weighted by Crippen LogP contribution is 2.23. The van der Waals surface area contributed by atoms with Crippen molar-refractivity contribution in [1.29, 1.82) is 0 Å². The maximum Gasteiger partial charge on any atom is 0.150 e. The smallest absolute Gasteiger partial charge is 0.150 e. The number of rotatable bonds is 4. The normalized spacial score (nSPS) is 14.6. The van der Waals surface area contributed by atoms with Crippen LogP contribution in [0.3, 0.4) is 0 Å². The van der Waals surface area contributed by atoms with Crippen LogP contribution in [-0.2, 0) is 24.1 Å². The first-order valence-electron chi connectivity index (χ1n) is 6.81. The summed E-state index contributed by atoms with van der Waals surface area (Å²) in [5.74, 6) is 0.267. The lowest BCUT2D eigenvalue weighted by Crippen LogP contribution is -2.39. The molecular weight excluding hydrogens is 222 g/mol. The van der Waals surface area contributed by atoms with Crippen molar-refractivity contribution in [2.24, 2.45) is 0 Å². The maximum atomic E-state index is 11.9. The molecule has 0 amide bonds. The topological polar surface area (TPSA) is 29.1 Å². The van der Waals surface area contributed by atoms with Crippen molar-refractivity contribution in [2.45, 2.75) is 52.0 Å². The molecule has 0 saturated heterocycles. The van der Waals surface area contributed by atoms with Gasteiger partial charge in [0.25, 0.3) is 0 Å². The molecule has 0 heterocycles. The summed E-state index contributed by atoms with van der Waals surface area (Å²) in [6, 6.07) is 6.53. The molecule has 0 radical (unpaired) electrons. The molecule has 2 nitrogen and oxygen atoms in total. The Morgan fingerprint density at radius 2 is 1.94 bits per heavy atom. The Bertz CT molecular complexity index is 443. The van der Waals surface area contributed by atoms with Crippen molar-refractivity contribution in [3.8, 4) is 0 Å². The summed E-state index contributed by atoms with van der Waals surface area (Å²) in [4.78, 5) is 11.9. The molecule has 1 aliphatic carbocycles. The number of aryl methyl sites for hydroxylation is 2. The van der Waals surface area contributed by atoms with Crippen molar-refractivity contribution in [2.75, 3.05) is 6.54 Å². The Balaban J connectivity index is 1.91. The van der Waals surface area contributed by atoms with Gasteiger partial charge in [-0.25, -0.2) is 0 Å². The van der Waals surface area contributed by atoms with Gasteiger partial charge in [-0.1, -0.05) is 18.2 Å². The summed E-state index contributed by atoms with van der Waals surface area (Å²) in [7, 11) is 0. The van der Waals surface area contributed by atoms with Crippen molar-refractivity contribution in [1.82, 2.24) is 5.32 Å². The van der Waals surface area contributed by atoms with E-state index in [1.165, 1.54) is 30.4 Å². The average Bonchev–Trinajstić information content (AvgIpc) is 2.72. The Hall–Kier alpha value is -1.15. The molecule has 0 saturated carbocycles. The molecule has 0 fully saturated rings. The maximum absolute atomic E-state index is 11.9. The van der Waals surface area contributed by atoms with Crippen LogP contribution >= 0.6 is 0 Å². The standard InChI is InChI=1S/C16H23NO/c1-16(2,3)17-11-15(18)10-12-7-8-13-5-4-6-14(13)9-12/h7-9,17H,4-6,10-11H2,1-3H3. The number of Topliss-reactive ketones (excluding diaryl/α,β-unsaturated/α-hetero) is 1. The number of benzene rings is 1. The lowest BCUT2D eigenvalue weighted by molar-refractivity contribution is -0.117. The fourth-order valence-corrected chi connectivity index (χ4v) is 2.39. The van der Waals surface area contributed by atoms with Crippen LogP contribution in [0.25, 0.3) is 0 Å². The SMILES string of the molecule is CC(C)(C)NCC(=O)Cc1ccc2c(c1)CCC2. The molecule has 0 atom stereocenters. The number of hydrogen-bond acceptors (Lipinski definition) is 2. The summed E-state index contributed by atoms with van der Waals surface area (Å²) in [6.45, 7) is 6.70. The van der Waals surface area contributed by atoms with E-state index in [-0.39, 0.29) is 11.3 Å². The van der Waals surface area contributed by atoms with Gasteiger partial charge in [0.05, 0.1) is 6.54 Å². The lowest BCUT2D eigenvalue weighted by Gasteiger charge is -2.19. The van der Waals surface area contributed by atoms with Gasteiger partial charge in [0.15, 0.2) is 5.78 Å². The first-order valence-corrected chi connectivity index (χ1v) is 6.81. The quantitative estimate of drug-likeness (QED) is 0.883. The second kappa shape index (κ2) is 5.23. The van der Waals surface area contributed by atoms with Crippen molar-refractivity contribution >= 4 is 5.78 Å². The number of fused-ring (bicyclic) bond motifs is 1. The van der Waals surface area contributed by atoms with E-state index in [1.54, 1.807) is 0 Å². The summed E-state index contributed by atoms with van der Waals surface area (Å²) < 4.78 is 0. The number of nitrogens with one attached hydrogen (secondary N) is 1. The summed E-state index contributed by atoms with van der Waals surface area (Å²) in [6.07, 6.45) is 4.20. The van der Waals surface area contributed by atoms with E-state index >= 15 is 0 Å². The zero-order valence-electron chi connectivity index (χ0n) is 11.7. The number of carbonyl (C=O) groups is 1. The molecule has 0 bridgehead atoms. The minimum absolute atomic E-state index is 0.00753. The number of hydrogen-bond donors (Lipinski definition) is 1. The van der Waals surface area contributed by atoms with Gasteiger partial charge < -0.3 is 5.32 Å². The van der Waals surface area contributed by atoms with Crippen molar-refractivity contribution in [3.63, 3.8) is 0 Å². The van der Waals surface area contributed by atoms with Crippen LogP contribution in [0.2, 0.25) is 0 Å². The third-order valence-corrected chi connectivity index (χ3v) is 3.38. The molecule has 0 spiro atoms. The van der Waals surface area contributed by atoms with Gasteiger partial charge in [-0.3, -0.25) is 4.79 Å². The van der Waals surface area contributed by atoms with E-state index in [2.05, 4.69) is 44.3 Å². The molecule has 1 aliphatic rings. The highest BCUT2D eigenvalue weighted by atomic mass is 16.1. The number of ketones is 1. The van der Waals surface area contributed by atoms with Crippen molar-refractivity contribution < 1.29 is 4.79 Å². The Morgan fingerprint density at radius 3 is 2.67 bits per heavy atom. The lowest BCUT2D eigenvalue weighted by atomic mass is 10.0. The van der Waals surface area contributed by atoms with Crippen LogP contribution in [-0.4, -0.2) is 17.9 Å². The Morgan fingerprint density at radius 1 is 1.22 bits per heavy atom. The predicted octanol–water partition coefficient (Wildman–Crippen LogP) is 2.68. The van der Waals surface area contributed by atoms with E-state index in [4.69, 9.17) is 0 Å². The van der Waals surface area contributed by atoms with Crippen LogP contribution in [0.4, 0.5) is 0 Å². The molecule has 0 aromatic heterocycles. The first-order chi connectivity index (χ1) is 8.44. The van der Waals surface area contributed by atoms with Crippen molar-refractivity contribution in [3.05, 3.63) is 34.9 Å². The molecule has 1 aromatic rings. The minimum atomic E-state index is 0.00753. The van der Waals surface area contributed by atoms with Gasteiger partial charge in [0.1, 0.15) is 0 Å². The van der Waals surface area contributed by atoms with Gasteiger partial charge >= 0.3 is 0 Å². The molecular formula is C16H23NO. The molecule has 98 valence electrons. The van der Waals surface area contributed by atoms with Crippen LogP contribution in [0.5, 0.6) is 0 Å². The van der Waals surface area contributed by atoms with Gasteiger partial charge in [-0.2, -0.15) is 0 Å². The molecule has 1 N–H and O–H groups in total. The molecule has 0 aliphatic heterocycles. The van der Waals surface area contributed by atoms with E-state index in [9.17, 15) is 4.79 Å². The average molecular weight is 245 g/mol. The fourth-order valence-electron chi connectivity index (χ4n) is 2.39. The summed E-state index contributed by atoms with van der Waals surface area (Å²) >= 11 is 0. The van der Waals surface area contributed by atoms with Crippen LogP contribution < -0.4 is 5.32 Å². The largest absolute Gasteiger partial charge is 0.305 e. The fraction of sp³-hybridized carbons (Fsp3) is 0.562. The Kier molecular flexibility index (Phi) is 3.86. The molecule has 18 heavy (non-hydrogen) atoms. The second-order valence-corrected chi connectivity index (χ2v) is 6.28. The van der Waals surface area contributed by atoms with Gasteiger partial charge in [-0.15, -0.1) is 0 Å². The molecule has 0 unspecified atom stereocenters.